The minimum Gasteiger partial charge on any atom is -0.449 e. The summed E-state index contributed by atoms with van der Waals surface area (Å²) in [5.41, 5.74) is 0.541. The molecule has 0 radical (unpaired) electrons. The molecule has 0 saturated heterocycles. The van der Waals surface area contributed by atoms with E-state index in [-0.39, 0.29) is 29.1 Å². The monoisotopic (exact) mass is 671 g/mol. The first-order valence-corrected chi connectivity index (χ1v) is 14.9. The number of hydrogen-bond acceptors (Lipinski definition) is 7. The summed E-state index contributed by atoms with van der Waals surface area (Å²) in [6, 6.07) is 10.3. The third kappa shape index (κ3) is 8.63. The number of hydrogen-bond donors (Lipinski definition) is 4. The van der Waals surface area contributed by atoms with Crippen molar-refractivity contribution >= 4 is 62.2 Å². The van der Waals surface area contributed by atoms with Gasteiger partial charge in [-0.3, -0.25) is 9.59 Å². The van der Waals surface area contributed by atoms with Crippen LogP contribution in [0.5, 0.6) is 0 Å². The molecule has 39 heavy (non-hydrogen) atoms. The first-order valence-electron chi connectivity index (χ1n) is 12.2. The van der Waals surface area contributed by atoms with Gasteiger partial charge in [-0.1, -0.05) is 12.8 Å². The Balaban J connectivity index is 1.59. The maximum absolute atomic E-state index is 12.8. The van der Waals surface area contributed by atoms with E-state index in [2.05, 4.69) is 38.5 Å². The molecule has 0 aromatic heterocycles. The van der Waals surface area contributed by atoms with Gasteiger partial charge < -0.3 is 20.7 Å². The predicted molar refractivity (Wildman–Crippen MR) is 152 cm³/mol. The maximum atomic E-state index is 12.8. The molecular weight excluding hydrogens is 641 g/mol. The number of primary sulfonamides is 1. The molecule has 1 fully saturated rings. The van der Waals surface area contributed by atoms with Crippen LogP contribution in [0.4, 0.5) is 15.3 Å². The number of nitrogens with two attached hydrogens (primary N) is 1. The number of benzene rings is 2. The van der Waals surface area contributed by atoms with Gasteiger partial charge in [0.05, 0.1) is 23.7 Å². The number of halogens is 1. The van der Waals surface area contributed by atoms with Crippen molar-refractivity contribution in [2.24, 2.45) is 5.14 Å². The highest BCUT2D eigenvalue weighted by Gasteiger charge is 2.29. The maximum Gasteiger partial charge on any atom is 0.422 e. The van der Waals surface area contributed by atoms with E-state index in [1.807, 2.05) is 0 Å². The quantitative estimate of drug-likeness (QED) is 0.312. The van der Waals surface area contributed by atoms with Crippen molar-refractivity contribution < 1.29 is 32.3 Å². The zero-order valence-electron chi connectivity index (χ0n) is 21.2. The van der Waals surface area contributed by atoms with E-state index in [0.29, 0.717) is 18.5 Å². The Labute approximate surface area is 240 Å². The van der Waals surface area contributed by atoms with Gasteiger partial charge in [0, 0.05) is 21.2 Å². The number of amides is 5. The fourth-order valence-electron chi connectivity index (χ4n) is 4.10. The van der Waals surface area contributed by atoms with Crippen molar-refractivity contribution in [1.29, 1.82) is 0 Å². The van der Waals surface area contributed by atoms with Gasteiger partial charge in [-0.25, -0.2) is 23.1 Å². The molecule has 1 aliphatic rings. The van der Waals surface area contributed by atoms with E-state index in [4.69, 9.17) is 9.88 Å². The number of carbonyl (C=O) groups excluding carboxylic acids is 4. The zero-order chi connectivity index (χ0) is 28.6. The van der Waals surface area contributed by atoms with Gasteiger partial charge in [0.15, 0.2) is 0 Å². The number of carbonyl (C=O) groups is 4. The number of nitrogens with zero attached hydrogens (tertiary/aromatic N) is 1. The molecular formula is C25H30IN5O7S. The molecule has 0 spiro atoms. The lowest BCUT2D eigenvalue weighted by atomic mass is 9.90. The SMILES string of the molecule is CCOC(=O)N(C(=O)NCC(=O)NC1CCCCC1NC(=O)c1ccc(S(N)(=O)=O)cc1)c1ccc(I)cc1. The normalized spacial score (nSPS) is 17.0. The predicted octanol–water partition coefficient (Wildman–Crippen LogP) is 2.47. The summed E-state index contributed by atoms with van der Waals surface area (Å²) in [5.74, 6) is -0.906. The standard InChI is InChI=1S/C25H30IN5O7S/c1-2-38-25(35)31(18-11-9-17(26)10-12-18)24(34)28-15-22(32)29-20-5-3-4-6-21(20)30-23(33)16-7-13-19(14-8-16)39(27,36)37/h7-14,20-21H,2-6,15H2,1H3,(H,28,34)(H,29,32)(H,30,33)(H2,27,36,37). The van der Waals surface area contributed by atoms with Crippen LogP contribution in [0.15, 0.2) is 53.4 Å². The Hall–Kier alpha value is -3.24. The van der Waals surface area contributed by atoms with Gasteiger partial charge in [-0.05, 0) is 90.9 Å². The third-order valence-electron chi connectivity index (χ3n) is 6.01. The molecule has 0 aliphatic heterocycles. The molecule has 0 heterocycles. The van der Waals surface area contributed by atoms with E-state index >= 15 is 0 Å². The van der Waals surface area contributed by atoms with Crippen molar-refractivity contribution in [1.82, 2.24) is 16.0 Å². The number of nitrogens with one attached hydrogen (secondary N) is 3. The number of sulfonamides is 1. The summed E-state index contributed by atoms with van der Waals surface area (Å²) in [5, 5.41) is 13.3. The Morgan fingerprint density at radius 3 is 2.13 bits per heavy atom. The van der Waals surface area contributed by atoms with Crippen LogP contribution in [0, 0.1) is 3.57 Å². The first kappa shape index (κ1) is 30.3. The number of rotatable bonds is 8. The fourth-order valence-corrected chi connectivity index (χ4v) is 4.98. The van der Waals surface area contributed by atoms with Crippen LogP contribution in [0.25, 0.3) is 0 Å². The van der Waals surface area contributed by atoms with E-state index < -0.39 is 40.5 Å². The molecule has 2 aromatic carbocycles. The topological polar surface area (TPSA) is 177 Å². The molecule has 1 saturated carbocycles. The van der Waals surface area contributed by atoms with Crippen LogP contribution in [0.1, 0.15) is 43.0 Å². The van der Waals surface area contributed by atoms with Crippen molar-refractivity contribution in [2.75, 3.05) is 18.1 Å². The molecule has 0 bridgehead atoms. The molecule has 5 amide bonds. The van der Waals surface area contributed by atoms with Gasteiger partial charge in [-0.15, -0.1) is 0 Å². The molecule has 14 heteroatoms. The van der Waals surface area contributed by atoms with Crippen molar-refractivity contribution in [3.63, 3.8) is 0 Å². The van der Waals surface area contributed by atoms with Crippen LogP contribution in [-0.2, 0) is 19.6 Å². The Morgan fingerprint density at radius 2 is 1.56 bits per heavy atom. The highest BCUT2D eigenvalue weighted by molar-refractivity contribution is 14.1. The molecule has 2 atom stereocenters. The summed E-state index contributed by atoms with van der Waals surface area (Å²) in [6.07, 6.45) is 2.07. The number of anilines is 1. The zero-order valence-corrected chi connectivity index (χ0v) is 24.2. The number of imide groups is 1. The summed E-state index contributed by atoms with van der Waals surface area (Å²) in [4.78, 5) is 51.4. The Morgan fingerprint density at radius 1 is 0.974 bits per heavy atom. The van der Waals surface area contributed by atoms with Crippen LogP contribution >= 0.6 is 22.6 Å². The number of ether oxygens (including phenoxy) is 1. The second kappa shape index (κ2) is 13.7. The second-order valence-electron chi connectivity index (χ2n) is 8.78. The van der Waals surface area contributed by atoms with Gasteiger partial charge in [0.25, 0.3) is 5.91 Å². The molecule has 1 aliphatic carbocycles. The highest BCUT2D eigenvalue weighted by atomic mass is 127. The molecule has 3 rings (SSSR count). The smallest absolute Gasteiger partial charge is 0.422 e. The molecule has 2 aromatic rings. The lowest BCUT2D eigenvalue weighted by Crippen LogP contribution is -2.55. The summed E-state index contributed by atoms with van der Waals surface area (Å²) in [6.45, 7) is 1.29. The highest BCUT2D eigenvalue weighted by Crippen LogP contribution is 2.20. The van der Waals surface area contributed by atoms with Gasteiger partial charge in [0.1, 0.15) is 0 Å². The van der Waals surface area contributed by atoms with Crippen molar-refractivity contribution in [3.05, 3.63) is 57.7 Å². The Bertz CT molecular complexity index is 1300. The third-order valence-corrected chi connectivity index (χ3v) is 7.66. The largest absolute Gasteiger partial charge is 0.449 e. The second-order valence-corrected chi connectivity index (χ2v) is 11.6. The van der Waals surface area contributed by atoms with Crippen LogP contribution < -0.4 is 26.0 Å². The minimum absolute atomic E-state index is 0.0680. The van der Waals surface area contributed by atoms with Crippen LogP contribution in [0.2, 0.25) is 0 Å². The average molecular weight is 672 g/mol. The van der Waals surface area contributed by atoms with Gasteiger partial charge in [0.2, 0.25) is 15.9 Å². The minimum atomic E-state index is -3.88. The summed E-state index contributed by atoms with van der Waals surface area (Å²) < 4.78 is 28.8. The Kier molecular flexibility index (Phi) is 10.7. The fraction of sp³-hybridized carbons (Fsp3) is 0.360. The van der Waals surface area contributed by atoms with E-state index in [0.717, 1.165) is 21.3 Å². The van der Waals surface area contributed by atoms with Gasteiger partial charge in [-0.2, -0.15) is 4.90 Å². The van der Waals surface area contributed by atoms with Crippen molar-refractivity contribution in [2.45, 2.75) is 49.6 Å². The molecule has 210 valence electrons. The molecule has 5 N–H and O–H groups in total. The molecule has 12 nitrogen and oxygen atoms in total. The van der Waals surface area contributed by atoms with Crippen LogP contribution in [0.3, 0.4) is 0 Å². The van der Waals surface area contributed by atoms with Crippen molar-refractivity contribution in [3.8, 4) is 0 Å². The molecule has 2 unspecified atom stereocenters. The van der Waals surface area contributed by atoms with E-state index in [1.54, 1.807) is 31.2 Å². The van der Waals surface area contributed by atoms with Gasteiger partial charge >= 0.3 is 12.1 Å². The lowest BCUT2D eigenvalue weighted by molar-refractivity contribution is -0.121. The summed E-state index contributed by atoms with van der Waals surface area (Å²) in [7, 11) is -3.88. The average Bonchev–Trinajstić information content (AvgIpc) is 2.89. The van der Waals surface area contributed by atoms with E-state index in [9.17, 15) is 27.6 Å². The van der Waals surface area contributed by atoms with Crippen LogP contribution in [-0.4, -0.2) is 57.6 Å². The summed E-state index contributed by atoms with van der Waals surface area (Å²) >= 11 is 2.10. The lowest BCUT2D eigenvalue weighted by Gasteiger charge is -2.33. The number of urea groups is 1. The first-order chi connectivity index (χ1) is 18.5. The van der Waals surface area contributed by atoms with E-state index in [1.165, 1.54) is 24.3 Å².